The van der Waals surface area contributed by atoms with Gasteiger partial charge in [0, 0.05) is 0 Å². The lowest BCUT2D eigenvalue weighted by Crippen LogP contribution is -2.44. The number of ether oxygens (including phenoxy) is 1. The molecule has 6 unspecified atom stereocenters. The van der Waals surface area contributed by atoms with Gasteiger partial charge in [0.1, 0.15) is 24.1 Å². The summed E-state index contributed by atoms with van der Waals surface area (Å²) in [7, 11) is -15.1. The number of aliphatic hydroxyl groups excluding tert-OH is 1. The van der Waals surface area contributed by atoms with E-state index >= 15 is 0 Å². The van der Waals surface area contributed by atoms with E-state index in [9.17, 15) is 28.6 Å². The van der Waals surface area contributed by atoms with E-state index in [0.717, 1.165) is 0 Å². The van der Waals surface area contributed by atoms with Gasteiger partial charge in [0.15, 0.2) is 17.7 Å². The number of nitrogens with two attached hydrogens (primary N) is 1. The Hall–Kier alpha value is -1.36. The Morgan fingerprint density at radius 2 is 1.84 bits per heavy atom. The molecule has 180 valence electrons. The number of phosphoric acid groups is 3. The van der Waals surface area contributed by atoms with Gasteiger partial charge in [-0.3, -0.25) is 9.09 Å². The van der Waals surface area contributed by atoms with Crippen molar-refractivity contribution in [3.63, 3.8) is 0 Å². The molecule has 2 aromatic rings. The van der Waals surface area contributed by atoms with Crippen molar-refractivity contribution in [1.29, 1.82) is 0 Å². The van der Waals surface area contributed by atoms with Crippen LogP contribution in [0.25, 0.3) is 11.2 Å². The topological polar surface area (TPSA) is 271 Å². The highest BCUT2D eigenvalue weighted by Crippen LogP contribution is 2.66. The Morgan fingerprint density at radius 1 is 1.16 bits per heavy atom. The van der Waals surface area contributed by atoms with E-state index in [1.807, 2.05) is 0 Å². The maximum Gasteiger partial charge on any atom is 0.490 e. The molecule has 0 spiro atoms. The zero-order valence-electron chi connectivity index (χ0n) is 16.0. The molecule has 0 bridgehead atoms. The van der Waals surface area contributed by atoms with Crippen LogP contribution in [0.4, 0.5) is 5.82 Å². The zero-order valence-corrected chi connectivity index (χ0v) is 18.7. The predicted molar refractivity (Wildman–Crippen MR) is 102 cm³/mol. The van der Waals surface area contributed by atoms with Crippen LogP contribution >= 0.6 is 23.5 Å². The van der Waals surface area contributed by atoms with Crippen LogP contribution in [0.2, 0.25) is 0 Å². The number of imidazole rings is 1. The van der Waals surface area contributed by atoms with Gasteiger partial charge in [-0.25, -0.2) is 28.6 Å². The van der Waals surface area contributed by atoms with E-state index in [1.54, 1.807) is 0 Å². The van der Waals surface area contributed by atoms with Crippen LogP contribution in [-0.4, -0.2) is 76.1 Å². The molecule has 0 radical (unpaired) electrons. The van der Waals surface area contributed by atoms with Crippen LogP contribution in [0.1, 0.15) is 6.23 Å². The number of likely N-dealkylation sites (N-methyl/N-ethyl adjacent to an activating group) is 1. The van der Waals surface area contributed by atoms with Gasteiger partial charge in [0.05, 0.1) is 19.0 Å². The number of aromatic nitrogens is 4. The van der Waals surface area contributed by atoms with Gasteiger partial charge in [-0.2, -0.15) is 8.62 Å². The third-order valence-electron chi connectivity index (χ3n) is 4.19. The van der Waals surface area contributed by atoms with E-state index in [0.29, 0.717) is 0 Å². The Morgan fingerprint density at radius 3 is 2.47 bits per heavy atom. The van der Waals surface area contributed by atoms with Crippen LogP contribution in [0.5, 0.6) is 0 Å². The van der Waals surface area contributed by atoms with E-state index in [1.165, 1.54) is 24.3 Å². The van der Waals surface area contributed by atoms with Gasteiger partial charge in [0.2, 0.25) is 0 Å². The van der Waals surface area contributed by atoms with E-state index < -0.39 is 54.6 Å². The minimum absolute atomic E-state index is 0.0932. The van der Waals surface area contributed by atoms with Crippen molar-refractivity contribution in [2.75, 3.05) is 19.4 Å². The summed E-state index contributed by atoms with van der Waals surface area (Å²) in [6.07, 6.45) is -0.980. The molecule has 1 aliphatic heterocycles. The standard InChI is InChI=1S/C11H19N6O12P3/c1-13-6-5(2-26-31(22,23)29-32(24,25)28-30(19,20)21)27-11(8(6)18)17-4-16-7-9(12)14-3-15-10(7)17/h3-6,8,11,13,18H,2H2,1H3,(H,22,23)(H,24,25)(H2,12,14,15)(H2,19,20,21). The number of hydrogen-bond donors (Lipinski definition) is 7. The van der Waals surface area contributed by atoms with Crippen molar-refractivity contribution in [2.24, 2.45) is 0 Å². The van der Waals surface area contributed by atoms with Crippen LogP contribution in [0, 0.1) is 0 Å². The van der Waals surface area contributed by atoms with E-state index in [-0.39, 0.29) is 17.0 Å². The monoisotopic (exact) mass is 520 g/mol. The van der Waals surface area contributed by atoms with E-state index in [2.05, 4.69) is 33.4 Å². The van der Waals surface area contributed by atoms with Gasteiger partial charge in [-0.05, 0) is 7.05 Å². The molecule has 3 rings (SSSR count). The minimum atomic E-state index is -5.66. The van der Waals surface area contributed by atoms with Gasteiger partial charge >= 0.3 is 23.5 Å². The molecule has 3 heterocycles. The molecular weight excluding hydrogens is 501 g/mol. The second-order valence-electron chi connectivity index (χ2n) is 6.34. The largest absolute Gasteiger partial charge is 0.490 e. The summed E-state index contributed by atoms with van der Waals surface area (Å²) < 4.78 is 52.9. The Balaban J connectivity index is 1.73. The second kappa shape index (κ2) is 9.12. The first-order valence-corrected chi connectivity index (χ1v) is 13.0. The average Bonchev–Trinajstić information content (AvgIpc) is 3.18. The normalized spacial score (nSPS) is 27.9. The van der Waals surface area contributed by atoms with Crippen LogP contribution in [-0.2, 0) is 31.6 Å². The third-order valence-corrected chi connectivity index (χ3v) is 7.99. The first-order valence-electron chi connectivity index (χ1n) is 8.45. The molecule has 0 aromatic carbocycles. The fourth-order valence-corrected chi connectivity index (χ4v) is 6.03. The van der Waals surface area contributed by atoms with Gasteiger partial charge in [-0.1, -0.05) is 0 Å². The Kier molecular flexibility index (Phi) is 7.20. The fraction of sp³-hybridized carbons (Fsp3) is 0.545. The van der Waals surface area contributed by atoms with Crippen molar-refractivity contribution in [1.82, 2.24) is 24.8 Å². The third kappa shape index (κ3) is 5.76. The number of nitrogens with one attached hydrogen (secondary N) is 1. The molecule has 8 N–H and O–H groups in total. The molecule has 18 nitrogen and oxygen atoms in total. The lowest BCUT2D eigenvalue weighted by Gasteiger charge is -2.21. The van der Waals surface area contributed by atoms with Crippen molar-refractivity contribution < 1.29 is 56.3 Å². The molecule has 2 aromatic heterocycles. The quantitative estimate of drug-likeness (QED) is 0.187. The van der Waals surface area contributed by atoms with Gasteiger partial charge in [-0.15, -0.1) is 0 Å². The summed E-state index contributed by atoms with van der Waals surface area (Å²) in [4.78, 5) is 47.8. The summed E-state index contributed by atoms with van der Waals surface area (Å²) in [5.74, 6) is 0.0932. The summed E-state index contributed by atoms with van der Waals surface area (Å²) >= 11 is 0. The SMILES string of the molecule is CNC1C(COP(=O)(O)OP(=O)(O)OP(=O)(O)O)OC(n2cnc3c(N)ncnc32)C1O. The van der Waals surface area contributed by atoms with Gasteiger partial charge in [0.25, 0.3) is 0 Å². The maximum atomic E-state index is 11.9. The van der Waals surface area contributed by atoms with Crippen molar-refractivity contribution in [3.8, 4) is 0 Å². The molecule has 1 fully saturated rings. The maximum absolute atomic E-state index is 11.9. The molecule has 1 saturated heterocycles. The Bertz CT molecular complexity index is 1120. The highest BCUT2D eigenvalue weighted by molar-refractivity contribution is 7.66. The highest BCUT2D eigenvalue weighted by atomic mass is 31.3. The smallest absolute Gasteiger partial charge is 0.387 e. The lowest BCUT2D eigenvalue weighted by atomic mass is 10.1. The number of nitrogen functional groups attached to an aromatic ring is 1. The van der Waals surface area contributed by atoms with Crippen molar-refractivity contribution >= 4 is 40.4 Å². The number of anilines is 1. The minimum Gasteiger partial charge on any atom is -0.387 e. The molecular formula is C11H19N6O12P3. The zero-order chi connectivity index (χ0) is 23.9. The first-order chi connectivity index (χ1) is 14.7. The molecule has 0 amide bonds. The number of fused-ring (bicyclic) bond motifs is 1. The highest BCUT2D eigenvalue weighted by Gasteiger charge is 2.47. The molecule has 0 saturated carbocycles. The molecule has 21 heteroatoms. The number of rotatable bonds is 9. The predicted octanol–water partition coefficient (Wildman–Crippen LogP) is -1.40. The molecule has 0 aliphatic carbocycles. The summed E-state index contributed by atoms with van der Waals surface area (Å²) in [6.45, 7) is -0.757. The van der Waals surface area contributed by atoms with Crippen LogP contribution < -0.4 is 11.1 Å². The molecule has 32 heavy (non-hydrogen) atoms. The van der Waals surface area contributed by atoms with Crippen LogP contribution in [0.15, 0.2) is 12.7 Å². The number of phosphoric ester groups is 1. The number of aliphatic hydroxyl groups is 1. The fourth-order valence-electron chi connectivity index (χ4n) is 3.00. The number of nitrogens with zero attached hydrogens (tertiary/aromatic N) is 4. The van der Waals surface area contributed by atoms with Crippen LogP contribution in [0.3, 0.4) is 0 Å². The summed E-state index contributed by atoms with van der Waals surface area (Å²) in [5, 5.41) is 13.4. The van der Waals surface area contributed by atoms with Crippen molar-refractivity contribution in [2.45, 2.75) is 24.5 Å². The average molecular weight is 520 g/mol. The Labute approximate surface area is 178 Å². The molecule has 1 aliphatic rings. The lowest BCUT2D eigenvalue weighted by molar-refractivity contribution is -0.0483. The van der Waals surface area contributed by atoms with E-state index in [4.69, 9.17) is 20.3 Å². The molecule has 6 atom stereocenters. The first kappa shape index (κ1) is 25.3. The second-order valence-corrected chi connectivity index (χ2v) is 10.8. The number of hydrogen-bond acceptors (Lipinski definition) is 13. The van der Waals surface area contributed by atoms with Gasteiger partial charge < -0.3 is 40.5 Å². The summed E-state index contributed by atoms with van der Waals surface area (Å²) in [6, 6.07) is -0.871. The van der Waals surface area contributed by atoms with Crippen molar-refractivity contribution in [3.05, 3.63) is 12.7 Å². The summed E-state index contributed by atoms with van der Waals surface area (Å²) in [5.41, 5.74) is 6.22.